The minimum Gasteiger partial charge on any atom is -0.481 e. The molecule has 0 saturated carbocycles. The molecule has 2 aromatic heterocycles. The van der Waals surface area contributed by atoms with Gasteiger partial charge in [0, 0.05) is 12.3 Å². The van der Waals surface area contributed by atoms with Crippen LogP contribution >= 0.6 is 0 Å². The predicted molar refractivity (Wildman–Crippen MR) is 68.1 cm³/mol. The molecule has 2 aromatic rings. The Kier molecular flexibility index (Phi) is 4.12. The van der Waals surface area contributed by atoms with Crippen molar-refractivity contribution in [1.29, 1.82) is 0 Å². The van der Waals surface area contributed by atoms with Gasteiger partial charge in [-0.25, -0.2) is 9.78 Å². The fourth-order valence-corrected chi connectivity index (χ4v) is 1.60. The first-order chi connectivity index (χ1) is 9.22. The molecule has 0 atom stereocenters. The van der Waals surface area contributed by atoms with E-state index in [9.17, 15) is 4.79 Å². The molecule has 0 aliphatic rings. The maximum atomic E-state index is 11.5. The van der Waals surface area contributed by atoms with Crippen LogP contribution in [0, 0.1) is 0 Å². The summed E-state index contributed by atoms with van der Waals surface area (Å²) in [6, 6.07) is 5.50. The smallest absolute Gasteiger partial charge is 0.341 e. The molecule has 2 rings (SSSR count). The lowest BCUT2D eigenvalue weighted by Gasteiger charge is -2.03. The van der Waals surface area contributed by atoms with Crippen LogP contribution in [0.15, 0.2) is 30.6 Å². The number of methoxy groups -OCH3 is 1. The quantitative estimate of drug-likeness (QED) is 0.763. The summed E-state index contributed by atoms with van der Waals surface area (Å²) < 4.78 is 11.6. The van der Waals surface area contributed by atoms with Crippen molar-refractivity contribution < 1.29 is 14.3 Å². The zero-order valence-electron chi connectivity index (χ0n) is 10.9. The average molecular weight is 261 g/mol. The molecule has 6 nitrogen and oxygen atoms in total. The van der Waals surface area contributed by atoms with Crippen LogP contribution in [0.2, 0.25) is 0 Å². The Morgan fingerprint density at radius 1 is 1.42 bits per heavy atom. The SMILES string of the molecule is CCOC(=O)c1cnn(Cc2cccc(OC)n2)c1. The molecular formula is C13H15N3O3. The summed E-state index contributed by atoms with van der Waals surface area (Å²) in [7, 11) is 1.57. The molecule has 0 unspecified atom stereocenters. The summed E-state index contributed by atoms with van der Waals surface area (Å²) in [5.74, 6) is 0.183. The van der Waals surface area contributed by atoms with Gasteiger partial charge < -0.3 is 9.47 Å². The van der Waals surface area contributed by atoms with Crippen LogP contribution in [0.25, 0.3) is 0 Å². The maximum absolute atomic E-state index is 11.5. The lowest BCUT2D eigenvalue weighted by atomic mass is 10.3. The molecule has 0 aliphatic heterocycles. The van der Waals surface area contributed by atoms with Gasteiger partial charge in [-0.1, -0.05) is 6.07 Å². The zero-order chi connectivity index (χ0) is 13.7. The van der Waals surface area contributed by atoms with Crippen LogP contribution in [0.1, 0.15) is 23.0 Å². The number of rotatable bonds is 5. The second-order valence-electron chi connectivity index (χ2n) is 3.82. The molecule has 0 saturated heterocycles. The van der Waals surface area contributed by atoms with Gasteiger partial charge in [-0.2, -0.15) is 5.10 Å². The lowest BCUT2D eigenvalue weighted by Crippen LogP contribution is -2.05. The van der Waals surface area contributed by atoms with Gasteiger partial charge in [0.25, 0.3) is 0 Å². The molecule has 0 bridgehead atoms. The Labute approximate surface area is 111 Å². The standard InChI is InChI=1S/C13H15N3O3/c1-3-19-13(17)10-7-14-16(8-10)9-11-5-4-6-12(15-11)18-2/h4-8H,3,9H2,1-2H3. The van der Waals surface area contributed by atoms with E-state index >= 15 is 0 Å². The van der Waals surface area contributed by atoms with E-state index in [0.717, 1.165) is 5.69 Å². The van der Waals surface area contributed by atoms with Gasteiger partial charge in [-0.3, -0.25) is 4.68 Å². The van der Waals surface area contributed by atoms with Gasteiger partial charge >= 0.3 is 5.97 Å². The Hall–Kier alpha value is -2.37. The first-order valence-corrected chi connectivity index (χ1v) is 5.92. The minimum atomic E-state index is -0.368. The fraction of sp³-hybridized carbons (Fsp3) is 0.308. The van der Waals surface area contributed by atoms with Crippen LogP contribution in [-0.4, -0.2) is 34.5 Å². The summed E-state index contributed by atoms with van der Waals surface area (Å²) in [5, 5.41) is 4.11. The first-order valence-electron chi connectivity index (χ1n) is 5.92. The highest BCUT2D eigenvalue weighted by Gasteiger charge is 2.09. The summed E-state index contributed by atoms with van der Waals surface area (Å²) >= 11 is 0. The molecule has 2 heterocycles. The van der Waals surface area contributed by atoms with E-state index in [1.165, 1.54) is 6.20 Å². The minimum absolute atomic E-state index is 0.349. The van der Waals surface area contributed by atoms with E-state index in [2.05, 4.69) is 10.1 Å². The van der Waals surface area contributed by atoms with Crippen molar-refractivity contribution in [2.75, 3.05) is 13.7 Å². The third kappa shape index (κ3) is 3.31. The lowest BCUT2D eigenvalue weighted by molar-refractivity contribution is 0.0526. The van der Waals surface area contributed by atoms with Crippen LogP contribution in [0.4, 0.5) is 0 Å². The summed E-state index contributed by atoms with van der Waals surface area (Å²) in [6.07, 6.45) is 3.12. The number of pyridine rings is 1. The summed E-state index contributed by atoms with van der Waals surface area (Å²) in [4.78, 5) is 15.8. The highest BCUT2D eigenvalue weighted by atomic mass is 16.5. The summed E-state index contributed by atoms with van der Waals surface area (Å²) in [5.41, 5.74) is 1.24. The second-order valence-corrected chi connectivity index (χ2v) is 3.82. The van der Waals surface area contributed by atoms with Crippen LogP contribution < -0.4 is 4.74 Å². The number of aromatic nitrogens is 3. The molecule has 100 valence electrons. The number of ether oxygens (including phenoxy) is 2. The van der Waals surface area contributed by atoms with Gasteiger partial charge in [0.2, 0.25) is 5.88 Å². The number of nitrogens with zero attached hydrogens (tertiary/aromatic N) is 3. The largest absolute Gasteiger partial charge is 0.481 e. The molecule has 19 heavy (non-hydrogen) atoms. The first kappa shape index (κ1) is 13.1. The Balaban J connectivity index is 2.09. The van der Waals surface area contributed by atoms with Crippen molar-refractivity contribution >= 4 is 5.97 Å². The fourth-order valence-electron chi connectivity index (χ4n) is 1.60. The summed E-state index contributed by atoms with van der Waals surface area (Å²) in [6.45, 7) is 2.58. The predicted octanol–water partition coefficient (Wildman–Crippen LogP) is 1.51. The Morgan fingerprint density at radius 2 is 2.26 bits per heavy atom. The number of carbonyl (C=O) groups is 1. The zero-order valence-corrected chi connectivity index (χ0v) is 10.9. The van der Waals surface area contributed by atoms with Gasteiger partial charge in [0.15, 0.2) is 0 Å². The van der Waals surface area contributed by atoms with Crippen molar-refractivity contribution in [3.63, 3.8) is 0 Å². The van der Waals surface area contributed by atoms with E-state index in [1.54, 1.807) is 31.0 Å². The number of hydrogen-bond acceptors (Lipinski definition) is 5. The number of esters is 1. The third-order valence-corrected chi connectivity index (χ3v) is 2.46. The highest BCUT2D eigenvalue weighted by molar-refractivity contribution is 5.88. The molecule has 0 amide bonds. The highest BCUT2D eigenvalue weighted by Crippen LogP contribution is 2.08. The second kappa shape index (κ2) is 5.99. The van der Waals surface area contributed by atoms with E-state index in [0.29, 0.717) is 24.6 Å². The molecule has 0 fully saturated rings. The molecular weight excluding hydrogens is 246 g/mol. The molecule has 6 heteroatoms. The van der Waals surface area contributed by atoms with Gasteiger partial charge in [-0.15, -0.1) is 0 Å². The van der Waals surface area contributed by atoms with Gasteiger partial charge in [-0.05, 0) is 13.0 Å². The molecule has 0 aliphatic carbocycles. The van der Waals surface area contributed by atoms with Crippen LogP contribution in [0.3, 0.4) is 0 Å². The number of carbonyl (C=O) groups excluding carboxylic acids is 1. The normalized spacial score (nSPS) is 10.2. The van der Waals surface area contributed by atoms with E-state index in [-0.39, 0.29) is 5.97 Å². The third-order valence-electron chi connectivity index (χ3n) is 2.46. The topological polar surface area (TPSA) is 66.2 Å². The van der Waals surface area contributed by atoms with Gasteiger partial charge in [0.05, 0.1) is 37.7 Å². The van der Waals surface area contributed by atoms with Crippen molar-refractivity contribution in [3.8, 4) is 5.88 Å². The van der Waals surface area contributed by atoms with Gasteiger partial charge in [0.1, 0.15) is 0 Å². The molecule has 0 radical (unpaired) electrons. The maximum Gasteiger partial charge on any atom is 0.341 e. The van der Waals surface area contributed by atoms with E-state index < -0.39 is 0 Å². The van der Waals surface area contributed by atoms with Crippen molar-refractivity contribution in [3.05, 3.63) is 41.9 Å². The van der Waals surface area contributed by atoms with E-state index in [1.807, 2.05) is 12.1 Å². The van der Waals surface area contributed by atoms with E-state index in [4.69, 9.17) is 9.47 Å². The molecule has 0 aromatic carbocycles. The van der Waals surface area contributed by atoms with Crippen LogP contribution in [0.5, 0.6) is 5.88 Å². The molecule has 0 N–H and O–H groups in total. The molecule has 0 spiro atoms. The average Bonchev–Trinajstić information content (AvgIpc) is 2.88. The van der Waals surface area contributed by atoms with Crippen molar-refractivity contribution in [1.82, 2.24) is 14.8 Å². The Bertz CT molecular complexity index is 566. The van der Waals surface area contributed by atoms with Crippen molar-refractivity contribution in [2.45, 2.75) is 13.5 Å². The monoisotopic (exact) mass is 261 g/mol. The number of hydrogen-bond donors (Lipinski definition) is 0. The van der Waals surface area contributed by atoms with Crippen molar-refractivity contribution in [2.24, 2.45) is 0 Å². The Morgan fingerprint density at radius 3 is 3.00 bits per heavy atom. The van der Waals surface area contributed by atoms with Crippen LogP contribution in [-0.2, 0) is 11.3 Å².